The highest BCUT2D eigenvalue weighted by Crippen LogP contribution is 2.36. The number of amides is 4. The minimum absolute atomic E-state index is 0.0720. The van der Waals surface area contributed by atoms with Gasteiger partial charge in [0, 0.05) is 19.0 Å². The Labute approximate surface area is 168 Å². The first kappa shape index (κ1) is 22.0. The molecular formula is C19H25N3O7. The lowest BCUT2D eigenvalue weighted by atomic mass is 10.1. The maximum absolute atomic E-state index is 12.6. The number of primary amides is 1. The third-order valence-electron chi connectivity index (χ3n) is 4.49. The summed E-state index contributed by atoms with van der Waals surface area (Å²) in [7, 11) is 2.98. The van der Waals surface area contributed by atoms with Gasteiger partial charge in [-0.05, 0) is 18.1 Å². The molecule has 1 aromatic rings. The van der Waals surface area contributed by atoms with Crippen LogP contribution in [0.2, 0.25) is 0 Å². The van der Waals surface area contributed by atoms with Crippen LogP contribution in [0.5, 0.6) is 11.5 Å². The molecule has 3 N–H and O–H groups in total. The first-order valence-electron chi connectivity index (χ1n) is 9.01. The molecule has 1 aromatic carbocycles. The van der Waals surface area contributed by atoms with Crippen LogP contribution in [0, 0.1) is 11.8 Å². The summed E-state index contributed by atoms with van der Waals surface area (Å²) in [5.74, 6) is -1.96. The predicted molar refractivity (Wildman–Crippen MR) is 102 cm³/mol. The minimum atomic E-state index is -1.20. The largest absolute Gasteiger partial charge is 0.497 e. The average Bonchev–Trinajstić information content (AvgIpc) is 3.05. The van der Waals surface area contributed by atoms with Gasteiger partial charge in [-0.3, -0.25) is 19.7 Å². The van der Waals surface area contributed by atoms with Gasteiger partial charge in [0.15, 0.2) is 6.10 Å². The zero-order valence-electron chi connectivity index (χ0n) is 16.8. The van der Waals surface area contributed by atoms with Gasteiger partial charge in [-0.1, -0.05) is 13.8 Å². The number of carbonyl (C=O) groups is 4. The molecule has 0 unspecified atom stereocenters. The Morgan fingerprint density at radius 1 is 1.21 bits per heavy atom. The van der Waals surface area contributed by atoms with E-state index in [0.717, 1.165) is 0 Å². The number of nitrogens with two attached hydrogens (primary N) is 1. The van der Waals surface area contributed by atoms with Crippen molar-refractivity contribution in [2.24, 2.45) is 17.6 Å². The summed E-state index contributed by atoms with van der Waals surface area (Å²) in [6, 6.07) is 3.95. The fraction of sp³-hybridized carbons (Fsp3) is 0.474. The molecule has 2 atom stereocenters. The van der Waals surface area contributed by atoms with Crippen LogP contribution >= 0.6 is 0 Å². The van der Waals surface area contributed by atoms with E-state index in [1.165, 1.54) is 19.1 Å². The van der Waals surface area contributed by atoms with E-state index in [-0.39, 0.29) is 18.9 Å². The molecule has 10 nitrogen and oxygen atoms in total. The van der Waals surface area contributed by atoms with Crippen molar-refractivity contribution in [3.8, 4) is 11.5 Å². The summed E-state index contributed by atoms with van der Waals surface area (Å²) in [4.78, 5) is 49.5. The van der Waals surface area contributed by atoms with E-state index >= 15 is 0 Å². The van der Waals surface area contributed by atoms with Gasteiger partial charge in [-0.25, -0.2) is 4.79 Å². The molecule has 1 aliphatic heterocycles. The lowest BCUT2D eigenvalue weighted by molar-refractivity contribution is -0.161. The molecule has 2 rings (SSSR count). The molecule has 0 bridgehead atoms. The van der Waals surface area contributed by atoms with E-state index in [1.807, 2.05) is 5.32 Å². The third-order valence-corrected chi connectivity index (χ3v) is 4.49. The Morgan fingerprint density at radius 2 is 1.90 bits per heavy atom. The lowest BCUT2D eigenvalue weighted by Gasteiger charge is -2.22. The molecule has 1 saturated heterocycles. The first-order chi connectivity index (χ1) is 13.7. The fourth-order valence-electron chi connectivity index (χ4n) is 3.01. The number of hydrogen-bond acceptors (Lipinski definition) is 7. The number of urea groups is 1. The highest BCUT2D eigenvalue weighted by Gasteiger charge is 2.39. The van der Waals surface area contributed by atoms with Crippen molar-refractivity contribution < 1.29 is 33.4 Å². The molecule has 0 saturated carbocycles. The number of benzene rings is 1. The first-order valence-corrected chi connectivity index (χ1v) is 9.01. The summed E-state index contributed by atoms with van der Waals surface area (Å²) in [5.41, 5.74) is 5.45. The molecule has 10 heteroatoms. The Kier molecular flexibility index (Phi) is 7.03. The van der Waals surface area contributed by atoms with Crippen LogP contribution in [0.4, 0.5) is 10.5 Å². The number of methoxy groups -OCH3 is 2. The standard InChI is InChI=1S/C19H25N3O7/c1-10(2)16(17(24)21-19(20)26)29-18(25)11-7-15(23)22(9-11)13-6-5-12(27-3)8-14(13)28-4/h5-6,8,10-11,16H,7,9H2,1-4H3,(H3,20,21,24,26)/t11-,16-/m0/s1. The monoisotopic (exact) mass is 407 g/mol. The van der Waals surface area contributed by atoms with E-state index in [9.17, 15) is 19.2 Å². The maximum atomic E-state index is 12.6. The quantitative estimate of drug-likeness (QED) is 0.638. The number of nitrogens with one attached hydrogen (secondary N) is 1. The van der Waals surface area contributed by atoms with Crippen LogP contribution in [0.3, 0.4) is 0 Å². The summed E-state index contributed by atoms with van der Waals surface area (Å²) < 4.78 is 15.8. The van der Waals surface area contributed by atoms with Crippen LogP contribution in [-0.4, -0.2) is 50.7 Å². The number of rotatable bonds is 7. The van der Waals surface area contributed by atoms with E-state index < -0.39 is 35.8 Å². The average molecular weight is 407 g/mol. The Hall–Kier alpha value is -3.30. The van der Waals surface area contributed by atoms with Gasteiger partial charge in [-0.2, -0.15) is 0 Å². The third kappa shape index (κ3) is 5.15. The van der Waals surface area contributed by atoms with Gasteiger partial charge in [0.25, 0.3) is 5.91 Å². The molecular weight excluding hydrogens is 382 g/mol. The zero-order chi connectivity index (χ0) is 21.7. The molecule has 29 heavy (non-hydrogen) atoms. The topological polar surface area (TPSA) is 137 Å². The summed E-state index contributed by atoms with van der Waals surface area (Å²) in [6.45, 7) is 3.39. The Morgan fingerprint density at radius 3 is 2.45 bits per heavy atom. The number of anilines is 1. The van der Waals surface area contributed by atoms with Crippen molar-refractivity contribution in [1.29, 1.82) is 0 Å². The molecule has 0 aromatic heterocycles. The van der Waals surface area contributed by atoms with Gasteiger partial charge in [0.05, 0.1) is 25.8 Å². The SMILES string of the molecule is COc1ccc(N2C[C@@H](C(=O)O[C@H](C(=O)NC(N)=O)C(C)C)CC2=O)c(OC)c1. The van der Waals surface area contributed by atoms with Crippen LogP contribution in [0.25, 0.3) is 0 Å². The molecule has 1 fully saturated rings. The second-order valence-electron chi connectivity index (χ2n) is 6.90. The lowest BCUT2D eigenvalue weighted by Crippen LogP contribution is -2.46. The van der Waals surface area contributed by atoms with E-state index in [0.29, 0.717) is 17.2 Å². The van der Waals surface area contributed by atoms with Crippen molar-refractivity contribution in [2.75, 3.05) is 25.7 Å². The van der Waals surface area contributed by atoms with Crippen molar-refractivity contribution >= 4 is 29.5 Å². The summed E-state index contributed by atoms with van der Waals surface area (Å²) in [6.07, 6.45) is -1.27. The van der Waals surface area contributed by atoms with Crippen molar-refractivity contribution in [3.63, 3.8) is 0 Å². The zero-order valence-corrected chi connectivity index (χ0v) is 16.8. The normalized spacial score (nSPS) is 17.1. The van der Waals surface area contributed by atoms with Crippen molar-refractivity contribution in [3.05, 3.63) is 18.2 Å². The Bertz CT molecular complexity index is 809. The van der Waals surface area contributed by atoms with Gasteiger partial charge in [-0.15, -0.1) is 0 Å². The second kappa shape index (κ2) is 9.26. The van der Waals surface area contributed by atoms with Crippen LogP contribution in [0.1, 0.15) is 20.3 Å². The number of carbonyl (C=O) groups excluding carboxylic acids is 4. The molecule has 0 spiro atoms. The van der Waals surface area contributed by atoms with Gasteiger partial charge < -0.3 is 24.8 Å². The van der Waals surface area contributed by atoms with Crippen LogP contribution < -0.4 is 25.4 Å². The highest BCUT2D eigenvalue weighted by atomic mass is 16.5. The number of ether oxygens (including phenoxy) is 3. The summed E-state index contributed by atoms with van der Waals surface area (Å²) >= 11 is 0. The molecule has 0 radical (unpaired) electrons. The van der Waals surface area contributed by atoms with Gasteiger partial charge in [0.1, 0.15) is 11.5 Å². The van der Waals surface area contributed by atoms with E-state index in [2.05, 4.69) is 0 Å². The molecule has 0 aliphatic carbocycles. The van der Waals surface area contributed by atoms with Gasteiger partial charge in [0.2, 0.25) is 5.91 Å². The number of imide groups is 1. The van der Waals surface area contributed by atoms with Crippen molar-refractivity contribution in [2.45, 2.75) is 26.4 Å². The number of esters is 1. The molecule has 4 amide bonds. The second-order valence-corrected chi connectivity index (χ2v) is 6.90. The smallest absolute Gasteiger partial charge is 0.318 e. The highest BCUT2D eigenvalue weighted by molar-refractivity contribution is 6.01. The summed E-state index contributed by atoms with van der Waals surface area (Å²) in [5, 5.41) is 1.91. The number of hydrogen-bond donors (Lipinski definition) is 2. The van der Waals surface area contributed by atoms with Gasteiger partial charge >= 0.3 is 12.0 Å². The number of nitrogens with zero attached hydrogens (tertiary/aromatic N) is 1. The molecule has 1 heterocycles. The predicted octanol–water partition coefficient (Wildman–Crippen LogP) is 0.819. The fourth-order valence-corrected chi connectivity index (χ4v) is 3.01. The van der Waals surface area contributed by atoms with Crippen LogP contribution in [0.15, 0.2) is 18.2 Å². The minimum Gasteiger partial charge on any atom is -0.497 e. The molecule has 1 aliphatic rings. The molecule has 158 valence electrons. The maximum Gasteiger partial charge on any atom is 0.318 e. The van der Waals surface area contributed by atoms with Crippen molar-refractivity contribution in [1.82, 2.24) is 5.32 Å². The van der Waals surface area contributed by atoms with E-state index in [1.54, 1.807) is 32.0 Å². The van der Waals surface area contributed by atoms with E-state index in [4.69, 9.17) is 19.9 Å². The Balaban J connectivity index is 2.14. The van der Waals surface area contributed by atoms with Crippen LogP contribution in [-0.2, 0) is 19.1 Å².